The van der Waals surface area contributed by atoms with E-state index in [-0.39, 0.29) is 6.04 Å². The molecular weight excluding hydrogens is 294 g/mol. The average Bonchev–Trinajstić information content (AvgIpc) is 2.13. The fourth-order valence-corrected chi connectivity index (χ4v) is 2.03. The van der Waals surface area contributed by atoms with Gasteiger partial charge in [-0.3, -0.25) is 0 Å². The Kier molecular flexibility index (Phi) is 4.16. The second-order valence-corrected chi connectivity index (χ2v) is 4.44. The van der Waals surface area contributed by atoms with Gasteiger partial charge in [-0.15, -0.1) is 6.58 Å². The molecule has 0 fully saturated rings. The minimum atomic E-state index is 0.187. The summed E-state index contributed by atoms with van der Waals surface area (Å²) < 4.78 is 2.17. The molecule has 1 aromatic rings. The Hall–Kier alpha value is -0.120. The van der Waals surface area contributed by atoms with Gasteiger partial charge in [0.1, 0.15) is 0 Å². The van der Waals surface area contributed by atoms with Gasteiger partial charge in [0.05, 0.1) is 6.04 Å². The summed E-state index contributed by atoms with van der Waals surface area (Å²) in [5, 5.41) is 3.17. The van der Waals surface area contributed by atoms with Crippen LogP contribution in [0.3, 0.4) is 0 Å². The molecule has 0 saturated heterocycles. The van der Waals surface area contributed by atoms with E-state index in [0.29, 0.717) is 0 Å². The summed E-state index contributed by atoms with van der Waals surface area (Å²) in [6.45, 7) is 3.78. The second-order valence-electron chi connectivity index (χ2n) is 2.67. The third kappa shape index (κ3) is 2.66. The standard InChI is InChI=1S/C10H11Br2N/c1-3-10(13-2)8-6-7(11)4-5-9(8)12/h3-6,10,13H,1H2,2H3. The fraction of sp³-hybridized carbons (Fsp3) is 0.200. The number of hydrogen-bond acceptors (Lipinski definition) is 1. The van der Waals surface area contributed by atoms with E-state index in [1.807, 2.05) is 25.3 Å². The lowest BCUT2D eigenvalue weighted by Crippen LogP contribution is -2.13. The fourth-order valence-electron chi connectivity index (χ4n) is 1.15. The molecule has 0 amide bonds. The van der Waals surface area contributed by atoms with Crippen LogP contribution in [0.4, 0.5) is 0 Å². The molecule has 0 radical (unpaired) electrons. The Morgan fingerprint density at radius 2 is 2.15 bits per heavy atom. The molecule has 0 aliphatic carbocycles. The quantitative estimate of drug-likeness (QED) is 0.840. The van der Waals surface area contributed by atoms with Crippen molar-refractivity contribution in [2.45, 2.75) is 6.04 Å². The van der Waals surface area contributed by atoms with Crippen LogP contribution in [0.2, 0.25) is 0 Å². The Balaban J connectivity index is 3.10. The van der Waals surface area contributed by atoms with Crippen LogP contribution < -0.4 is 5.32 Å². The largest absolute Gasteiger partial charge is 0.310 e. The van der Waals surface area contributed by atoms with E-state index in [0.717, 1.165) is 8.95 Å². The van der Waals surface area contributed by atoms with Crippen molar-refractivity contribution < 1.29 is 0 Å². The number of halogens is 2. The van der Waals surface area contributed by atoms with Gasteiger partial charge in [0, 0.05) is 8.95 Å². The van der Waals surface area contributed by atoms with Crippen LogP contribution >= 0.6 is 31.9 Å². The summed E-state index contributed by atoms with van der Waals surface area (Å²) in [6, 6.07) is 6.29. The second kappa shape index (κ2) is 4.94. The van der Waals surface area contributed by atoms with Crippen LogP contribution in [0.5, 0.6) is 0 Å². The van der Waals surface area contributed by atoms with Gasteiger partial charge in [-0.25, -0.2) is 0 Å². The molecule has 1 N–H and O–H groups in total. The lowest BCUT2D eigenvalue weighted by atomic mass is 10.1. The van der Waals surface area contributed by atoms with E-state index in [1.54, 1.807) is 0 Å². The van der Waals surface area contributed by atoms with E-state index in [2.05, 4.69) is 49.8 Å². The van der Waals surface area contributed by atoms with Crippen molar-refractivity contribution in [3.8, 4) is 0 Å². The SMILES string of the molecule is C=CC(NC)c1cc(Br)ccc1Br. The maximum absolute atomic E-state index is 3.78. The Morgan fingerprint density at radius 3 is 2.69 bits per heavy atom. The van der Waals surface area contributed by atoms with Gasteiger partial charge in [-0.2, -0.15) is 0 Å². The van der Waals surface area contributed by atoms with Crippen LogP contribution in [0.1, 0.15) is 11.6 Å². The van der Waals surface area contributed by atoms with E-state index in [4.69, 9.17) is 0 Å². The molecule has 13 heavy (non-hydrogen) atoms. The molecule has 1 nitrogen and oxygen atoms in total. The first kappa shape index (κ1) is 11.0. The van der Waals surface area contributed by atoms with Gasteiger partial charge in [-0.05, 0) is 30.8 Å². The lowest BCUT2D eigenvalue weighted by molar-refractivity contribution is 0.713. The summed E-state index contributed by atoms with van der Waals surface area (Å²) >= 11 is 6.94. The van der Waals surface area contributed by atoms with Crippen molar-refractivity contribution in [2.24, 2.45) is 0 Å². The molecule has 0 bridgehead atoms. The minimum absolute atomic E-state index is 0.187. The highest BCUT2D eigenvalue weighted by Gasteiger charge is 2.08. The monoisotopic (exact) mass is 303 g/mol. The van der Waals surface area contributed by atoms with Gasteiger partial charge < -0.3 is 5.32 Å². The maximum atomic E-state index is 3.78. The molecule has 70 valence electrons. The van der Waals surface area contributed by atoms with Crippen LogP contribution in [-0.4, -0.2) is 7.05 Å². The molecule has 0 spiro atoms. The van der Waals surface area contributed by atoms with E-state index in [1.165, 1.54) is 5.56 Å². The Bertz CT molecular complexity index is 310. The normalized spacial score (nSPS) is 12.5. The van der Waals surface area contributed by atoms with Crippen LogP contribution in [0, 0.1) is 0 Å². The van der Waals surface area contributed by atoms with Crippen molar-refractivity contribution in [1.29, 1.82) is 0 Å². The molecule has 1 rings (SSSR count). The molecule has 0 aromatic heterocycles. The van der Waals surface area contributed by atoms with Crippen LogP contribution in [0.25, 0.3) is 0 Å². The minimum Gasteiger partial charge on any atom is -0.310 e. The maximum Gasteiger partial charge on any atom is 0.0512 e. The molecule has 0 aliphatic heterocycles. The highest BCUT2D eigenvalue weighted by molar-refractivity contribution is 9.11. The first-order chi connectivity index (χ1) is 6.19. The van der Waals surface area contributed by atoms with Crippen molar-refractivity contribution in [1.82, 2.24) is 5.32 Å². The smallest absolute Gasteiger partial charge is 0.0512 e. The summed E-state index contributed by atoms with van der Waals surface area (Å²) in [5.41, 5.74) is 1.19. The molecule has 0 saturated carbocycles. The highest BCUT2D eigenvalue weighted by atomic mass is 79.9. The third-order valence-electron chi connectivity index (χ3n) is 1.84. The zero-order valence-electron chi connectivity index (χ0n) is 7.35. The molecule has 1 atom stereocenters. The predicted octanol–water partition coefficient (Wildman–Crippen LogP) is 3.66. The van der Waals surface area contributed by atoms with E-state index < -0.39 is 0 Å². The average molecular weight is 305 g/mol. The lowest BCUT2D eigenvalue weighted by Gasteiger charge is -2.13. The molecular formula is C10H11Br2N. The summed E-state index contributed by atoms with van der Waals surface area (Å²) in [7, 11) is 1.92. The first-order valence-electron chi connectivity index (χ1n) is 3.93. The predicted molar refractivity (Wildman–Crippen MR) is 63.8 cm³/mol. The molecule has 3 heteroatoms. The van der Waals surface area contributed by atoms with Crippen LogP contribution in [-0.2, 0) is 0 Å². The topological polar surface area (TPSA) is 12.0 Å². The first-order valence-corrected chi connectivity index (χ1v) is 5.52. The van der Waals surface area contributed by atoms with Crippen molar-refractivity contribution in [3.63, 3.8) is 0 Å². The highest BCUT2D eigenvalue weighted by Crippen LogP contribution is 2.27. The van der Waals surface area contributed by atoms with Gasteiger partial charge in [0.15, 0.2) is 0 Å². The summed E-state index contributed by atoms with van der Waals surface area (Å²) in [5.74, 6) is 0. The van der Waals surface area contributed by atoms with Gasteiger partial charge >= 0.3 is 0 Å². The summed E-state index contributed by atoms with van der Waals surface area (Å²) in [4.78, 5) is 0. The molecule has 1 aromatic carbocycles. The third-order valence-corrected chi connectivity index (χ3v) is 3.06. The zero-order chi connectivity index (χ0) is 9.84. The zero-order valence-corrected chi connectivity index (χ0v) is 10.5. The number of nitrogens with one attached hydrogen (secondary N) is 1. The molecule has 0 aliphatic rings. The van der Waals surface area contributed by atoms with E-state index >= 15 is 0 Å². The van der Waals surface area contributed by atoms with Crippen molar-refractivity contribution in [2.75, 3.05) is 7.05 Å². The van der Waals surface area contributed by atoms with E-state index in [9.17, 15) is 0 Å². The number of benzene rings is 1. The van der Waals surface area contributed by atoms with Crippen LogP contribution in [0.15, 0.2) is 39.8 Å². The van der Waals surface area contributed by atoms with Crippen molar-refractivity contribution in [3.05, 3.63) is 45.4 Å². The summed E-state index contributed by atoms with van der Waals surface area (Å²) in [6.07, 6.45) is 1.88. The molecule has 1 unspecified atom stereocenters. The van der Waals surface area contributed by atoms with Gasteiger partial charge in [-0.1, -0.05) is 37.9 Å². The van der Waals surface area contributed by atoms with Crippen molar-refractivity contribution >= 4 is 31.9 Å². The van der Waals surface area contributed by atoms with Gasteiger partial charge in [0.25, 0.3) is 0 Å². The number of likely N-dealkylation sites (N-methyl/N-ethyl adjacent to an activating group) is 1. The van der Waals surface area contributed by atoms with Gasteiger partial charge in [0.2, 0.25) is 0 Å². The molecule has 0 heterocycles. The Labute approximate surface area is 95.5 Å². The Morgan fingerprint density at radius 1 is 1.46 bits per heavy atom. The number of rotatable bonds is 3. The number of hydrogen-bond donors (Lipinski definition) is 1.